The van der Waals surface area contributed by atoms with E-state index in [0.717, 1.165) is 18.4 Å². The number of hydrogen-bond donors (Lipinski definition) is 1. The molecule has 2 heterocycles. The molecule has 1 fully saturated rings. The number of nitrogens with zero attached hydrogens (tertiary/aromatic N) is 4. The van der Waals surface area contributed by atoms with Crippen LogP contribution in [0.25, 0.3) is 22.6 Å². The van der Waals surface area contributed by atoms with Crippen LogP contribution in [0.1, 0.15) is 25.3 Å². The number of rotatable bonds is 8. The molecule has 2 N–H and O–H groups in total. The molecule has 5 rings (SSSR count). The van der Waals surface area contributed by atoms with Crippen LogP contribution in [0.2, 0.25) is 5.02 Å². The molecule has 1 aliphatic rings. The largest absolute Gasteiger partial charge is 0.484 e. The molecule has 1 saturated carbocycles. The summed E-state index contributed by atoms with van der Waals surface area (Å²) in [6.45, 7) is 2.37. The van der Waals surface area contributed by atoms with Crippen LogP contribution in [-0.4, -0.2) is 37.6 Å². The fourth-order valence-corrected chi connectivity index (χ4v) is 3.80. The van der Waals surface area contributed by atoms with E-state index in [4.69, 9.17) is 31.8 Å². The number of carbonyl (C=O) groups excluding carboxylic acids is 1. The summed E-state index contributed by atoms with van der Waals surface area (Å²) in [4.78, 5) is 24.8. The zero-order valence-electron chi connectivity index (χ0n) is 18.0. The highest BCUT2D eigenvalue weighted by Crippen LogP contribution is 2.41. The highest BCUT2D eigenvalue weighted by Gasteiger charge is 2.41. The Morgan fingerprint density at radius 1 is 1.18 bits per heavy atom. The Bertz CT molecular complexity index is 1330. The van der Waals surface area contributed by atoms with Gasteiger partial charge in [-0.1, -0.05) is 41.9 Å². The maximum absolute atomic E-state index is 11.0. The standard InChI is InChI=1S/C24H22ClN5O3/c1-24(9-10-24)33-23-20-22(27-14-28-23)30(12-15-5-3-2-4-6-15)21(29-20)17-8-7-16(11-18(17)25)32-13-19(26)31/h2-8,11,14H,9-10,12-13H2,1H3,(H2,26,31). The minimum Gasteiger partial charge on any atom is -0.484 e. The van der Waals surface area contributed by atoms with Crippen LogP contribution in [0.4, 0.5) is 0 Å². The van der Waals surface area contributed by atoms with Crippen molar-refractivity contribution in [1.29, 1.82) is 0 Å². The van der Waals surface area contributed by atoms with Gasteiger partial charge in [-0.3, -0.25) is 4.79 Å². The molecule has 0 unspecified atom stereocenters. The number of primary amides is 1. The summed E-state index contributed by atoms with van der Waals surface area (Å²) < 4.78 is 13.5. The van der Waals surface area contributed by atoms with Crippen LogP contribution in [0.5, 0.6) is 11.6 Å². The number of benzene rings is 2. The Balaban J connectivity index is 1.61. The van der Waals surface area contributed by atoms with Gasteiger partial charge in [-0.25, -0.2) is 9.97 Å². The maximum atomic E-state index is 11.0. The summed E-state index contributed by atoms with van der Waals surface area (Å²) in [6.07, 6.45) is 3.46. The molecule has 0 spiro atoms. The zero-order valence-corrected chi connectivity index (χ0v) is 18.7. The second-order valence-corrected chi connectivity index (χ2v) is 8.71. The molecule has 0 atom stereocenters. The number of amides is 1. The summed E-state index contributed by atoms with van der Waals surface area (Å²) in [6, 6.07) is 15.2. The summed E-state index contributed by atoms with van der Waals surface area (Å²) >= 11 is 6.62. The normalized spacial score (nSPS) is 14.2. The lowest BCUT2D eigenvalue weighted by Crippen LogP contribution is -2.20. The van der Waals surface area contributed by atoms with E-state index in [2.05, 4.69) is 16.9 Å². The van der Waals surface area contributed by atoms with Gasteiger partial charge < -0.3 is 19.8 Å². The van der Waals surface area contributed by atoms with Crippen LogP contribution >= 0.6 is 11.6 Å². The van der Waals surface area contributed by atoms with Gasteiger partial charge in [0, 0.05) is 5.56 Å². The van der Waals surface area contributed by atoms with Gasteiger partial charge in [-0.2, -0.15) is 4.98 Å². The molecular formula is C24H22ClN5O3. The molecule has 0 bridgehead atoms. The van der Waals surface area contributed by atoms with Crippen molar-refractivity contribution < 1.29 is 14.3 Å². The summed E-state index contributed by atoms with van der Waals surface area (Å²) in [7, 11) is 0. The van der Waals surface area contributed by atoms with Gasteiger partial charge >= 0.3 is 0 Å². The van der Waals surface area contributed by atoms with Crippen molar-refractivity contribution in [3.8, 4) is 23.0 Å². The Morgan fingerprint density at radius 3 is 2.67 bits per heavy atom. The van der Waals surface area contributed by atoms with E-state index in [-0.39, 0.29) is 12.2 Å². The Hall–Kier alpha value is -3.65. The SMILES string of the molecule is CC1(Oc2ncnc3c2nc(-c2ccc(OCC(N)=O)cc2Cl)n3Cc2ccccc2)CC1. The quantitative estimate of drug-likeness (QED) is 0.423. The average molecular weight is 464 g/mol. The summed E-state index contributed by atoms with van der Waals surface area (Å²) in [5.41, 5.74) is 7.99. The van der Waals surface area contributed by atoms with Crippen molar-refractivity contribution in [3.63, 3.8) is 0 Å². The fourth-order valence-electron chi connectivity index (χ4n) is 3.54. The van der Waals surface area contributed by atoms with Gasteiger partial charge in [-0.15, -0.1) is 0 Å². The van der Waals surface area contributed by atoms with Gasteiger partial charge in [0.25, 0.3) is 5.91 Å². The second-order valence-electron chi connectivity index (χ2n) is 8.31. The molecule has 1 aliphatic carbocycles. The minimum absolute atomic E-state index is 0.207. The van der Waals surface area contributed by atoms with Crippen LogP contribution in [0.15, 0.2) is 54.9 Å². The second kappa shape index (κ2) is 8.37. The highest BCUT2D eigenvalue weighted by atomic mass is 35.5. The third kappa shape index (κ3) is 4.47. The van der Waals surface area contributed by atoms with Gasteiger partial charge in [0.2, 0.25) is 5.88 Å². The summed E-state index contributed by atoms with van der Waals surface area (Å²) in [5, 5.41) is 0.422. The van der Waals surface area contributed by atoms with Gasteiger partial charge in [0.15, 0.2) is 17.8 Å². The van der Waals surface area contributed by atoms with E-state index in [1.165, 1.54) is 6.33 Å². The van der Waals surface area contributed by atoms with E-state index in [1.54, 1.807) is 18.2 Å². The molecule has 0 radical (unpaired) electrons. The first kappa shape index (κ1) is 21.2. The number of carbonyl (C=O) groups is 1. The Labute approximate surface area is 195 Å². The van der Waals surface area contributed by atoms with E-state index in [1.807, 2.05) is 34.9 Å². The Morgan fingerprint density at radius 2 is 1.97 bits per heavy atom. The first-order chi connectivity index (χ1) is 15.9. The van der Waals surface area contributed by atoms with Gasteiger partial charge in [0.1, 0.15) is 23.5 Å². The predicted molar refractivity (Wildman–Crippen MR) is 124 cm³/mol. The number of ether oxygens (including phenoxy) is 2. The molecular weight excluding hydrogens is 442 g/mol. The molecule has 0 aliphatic heterocycles. The maximum Gasteiger partial charge on any atom is 0.255 e. The fraction of sp³-hybridized carbons (Fsp3) is 0.250. The lowest BCUT2D eigenvalue weighted by atomic mass is 10.2. The van der Waals surface area contributed by atoms with E-state index in [0.29, 0.717) is 45.7 Å². The number of fused-ring (bicyclic) bond motifs is 1. The first-order valence-corrected chi connectivity index (χ1v) is 10.9. The lowest BCUT2D eigenvalue weighted by molar-refractivity contribution is -0.119. The third-order valence-electron chi connectivity index (χ3n) is 5.54. The smallest absolute Gasteiger partial charge is 0.255 e. The molecule has 2 aromatic carbocycles. The predicted octanol–water partition coefficient (Wildman–Crippen LogP) is 3.99. The molecule has 168 valence electrons. The number of aromatic nitrogens is 4. The van der Waals surface area contributed by atoms with E-state index < -0.39 is 5.91 Å². The van der Waals surface area contributed by atoms with Crippen molar-refractivity contribution >= 4 is 28.7 Å². The highest BCUT2D eigenvalue weighted by molar-refractivity contribution is 6.33. The van der Waals surface area contributed by atoms with Crippen molar-refractivity contribution in [1.82, 2.24) is 19.5 Å². The first-order valence-electron chi connectivity index (χ1n) is 10.6. The Kier molecular flexibility index (Phi) is 5.38. The topological polar surface area (TPSA) is 105 Å². The van der Waals surface area contributed by atoms with Crippen LogP contribution in [-0.2, 0) is 11.3 Å². The van der Waals surface area contributed by atoms with Crippen molar-refractivity contribution in [3.05, 3.63) is 65.4 Å². The molecule has 1 amide bonds. The lowest BCUT2D eigenvalue weighted by Gasteiger charge is -2.12. The zero-order chi connectivity index (χ0) is 23.0. The molecule has 33 heavy (non-hydrogen) atoms. The molecule has 9 heteroatoms. The summed E-state index contributed by atoms with van der Waals surface area (Å²) in [5.74, 6) is 0.978. The number of nitrogens with two attached hydrogens (primary N) is 1. The molecule has 2 aromatic heterocycles. The van der Waals surface area contributed by atoms with E-state index >= 15 is 0 Å². The number of halogens is 1. The van der Waals surface area contributed by atoms with Crippen molar-refractivity contribution in [2.24, 2.45) is 5.73 Å². The molecule has 4 aromatic rings. The minimum atomic E-state index is -0.560. The van der Waals surface area contributed by atoms with E-state index in [9.17, 15) is 4.79 Å². The molecule has 0 saturated heterocycles. The van der Waals surface area contributed by atoms with Crippen LogP contribution < -0.4 is 15.2 Å². The number of imidazole rings is 1. The average Bonchev–Trinajstić information content (AvgIpc) is 3.41. The number of hydrogen-bond acceptors (Lipinski definition) is 6. The van der Waals surface area contributed by atoms with Gasteiger partial charge in [-0.05, 0) is 43.5 Å². The third-order valence-corrected chi connectivity index (χ3v) is 5.85. The molecule has 8 nitrogen and oxygen atoms in total. The van der Waals surface area contributed by atoms with Crippen molar-refractivity contribution in [2.45, 2.75) is 31.9 Å². The monoisotopic (exact) mass is 463 g/mol. The van der Waals surface area contributed by atoms with Crippen LogP contribution in [0, 0.1) is 0 Å². The van der Waals surface area contributed by atoms with Gasteiger partial charge in [0.05, 0.1) is 11.6 Å². The van der Waals surface area contributed by atoms with Crippen LogP contribution in [0.3, 0.4) is 0 Å². The van der Waals surface area contributed by atoms with Crippen molar-refractivity contribution in [2.75, 3.05) is 6.61 Å².